The molecule has 0 aliphatic rings. The van der Waals surface area contributed by atoms with Crippen molar-refractivity contribution in [3.05, 3.63) is 83.4 Å². The number of nitrogens with one attached hydrogen (secondary N) is 3. The van der Waals surface area contributed by atoms with Gasteiger partial charge in [-0.1, -0.05) is 30.3 Å². The molecule has 0 aliphatic heterocycles. The van der Waals surface area contributed by atoms with Gasteiger partial charge >= 0.3 is 12.2 Å². The second kappa shape index (κ2) is 8.65. The molecule has 1 heterocycles. The van der Waals surface area contributed by atoms with E-state index in [2.05, 4.69) is 20.8 Å². The smallest absolute Gasteiger partial charge is 0.366 e. The van der Waals surface area contributed by atoms with Crippen molar-refractivity contribution in [1.82, 2.24) is 15.5 Å². The minimum absolute atomic E-state index is 0.107. The molecule has 33 heavy (non-hydrogen) atoms. The highest BCUT2D eigenvalue weighted by Crippen LogP contribution is 2.32. The summed E-state index contributed by atoms with van der Waals surface area (Å²) in [4.78, 5) is 24.2. The van der Waals surface area contributed by atoms with Gasteiger partial charge in [-0.15, -0.1) is 0 Å². The maximum atomic E-state index is 12.7. The number of hydrogen-bond acceptors (Lipinski definition) is 3. The lowest BCUT2D eigenvalue weighted by Gasteiger charge is -2.12. The number of H-pyrrole nitrogens is 1. The first kappa shape index (κ1) is 21.9. The van der Waals surface area contributed by atoms with Gasteiger partial charge in [0.15, 0.2) is 0 Å². The molecular formula is C23H18F3N5O2. The molecule has 0 saturated carbocycles. The highest BCUT2D eigenvalue weighted by atomic mass is 19.4. The summed E-state index contributed by atoms with van der Waals surface area (Å²) >= 11 is 0. The number of hydrogen-bond donors (Lipinski definition) is 4. The van der Waals surface area contributed by atoms with Crippen molar-refractivity contribution >= 4 is 28.5 Å². The molecule has 4 aromatic rings. The third kappa shape index (κ3) is 4.64. The number of aromatic nitrogens is 2. The molecule has 10 heteroatoms. The highest BCUT2D eigenvalue weighted by Gasteiger charge is 2.30. The number of fused-ring (bicyclic) bond motifs is 1. The lowest BCUT2D eigenvalue weighted by Crippen LogP contribution is -2.28. The molecule has 5 N–H and O–H groups in total. The Morgan fingerprint density at radius 3 is 2.39 bits per heavy atom. The minimum atomic E-state index is -4.45. The van der Waals surface area contributed by atoms with E-state index < -0.39 is 23.7 Å². The van der Waals surface area contributed by atoms with E-state index in [1.54, 1.807) is 42.5 Å². The molecule has 0 bridgehead atoms. The first-order valence-corrected chi connectivity index (χ1v) is 9.81. The van der Waals surface area contributed by atoms with Crippen LogP contribution in [-0.4, -0.2) is 22.1 Å². The number of carbonyl (C=O) groups excluding carboxylic acids is 2. The second-order valence-corrected chi connectivity index (χ2v) is 7.20. The van der Waals surface area contributed by atoms with Crippen LogP contribution in [0.25, 0.3) is 22.2 Å². The number of urea groups is 1. The third-order valence-electron chi connectivity index (χ3n) is 5.04. The van der Waals surface area contributed by atoms with Crippen LogP contribution in [0.1, 0.15) is 21.5 Å². The Hall–Kier alpha value is -4.34. The molecule has 3 amide bonds. The number of primary amides is 1. The monoisotopic (exact) mass is 453 g/mol. The van der Waals surface area contributed by atoms with Gasteiger partial charge in [-0.25, -0.2) is 4.79 Å². The van der Waals surface area contributed by atoms with Crippen LogP contribution >= 0.6 is 0 Å². The van der Waals surface area contributed by atoms with Crippen LogP contribution in [-0.2, 0) is 12.7 Å². The van der Waals surface area contributed by atoms with Gasteiger partial charge in [-0.05, 0) is 42.0 Å². The Balaban J connectivity index is 1.53. The Bertz CT molecular complexity index is 1330. The maximum Gasteiger partial charge on any atom is 0.416 e. The molecular weight excluding hydrogens is 435 g/mol. The quantitative estimate of drug-likeness (QED) is 0.352. The summed E-state index contributed by atoms with van der Waals surface area (Å²) in [6, 6.07) is 15.8. The number of halogens is 3. The number of carbonyl (C=O) groups is 2. The fourth-order valence-electron chi connectivity index (χ4n) is 3.47. The van der Waals surface area contributed by atoms with Crippen LogP contribution < -0.4 is 16.4 Å². The Morgan fingerprint density at radius 2 is 1.70 bits per heavy atom. The van der Waals surface area contributed by atoms with Crippen LogP contribution in [0.4, 0.5) is 23.7 Å². The van der Waals surface area contributed by atoms with Gasteiger partial charge < -0.3 is 16.4 Å². The number of amides is 3. The molecule has 0 radical (unpaired) electrons. The van der Waals surface area contributed by atoms with Gasteiger partial charge in [0.1, 0.15) is 5.69 Å². The number of rotatable bonds is 5. The molecule has 0 aliphatic carbocycles. The van der Waals surface area contributed by atoms with E-state index in [0.29, 0.717) is 33.3 Å². The van der Waals surface area contributed by atoms with E-state index in [4.69, 9.17) is 5.73 Å². The molecule has 4 rings (SSSR count). The van der Waals surface area contributed by atoms with Gasteiger partial charge in [-0.3, -0.25) is 9.89 Å². The largest absolute Gasteiger partial charge is 0.416 e. The zero-order chi connectivity index (χ0) is 23.6. The van der Waals surface area contributed by atoms with E-state index in [-0.39, 0.29) is 12.2 Å². The molecule has 0 unspecified atom stereocenters. The average molecular weight is 453 g/mol. The van der Waals surface area contributed by atoms with Gasteiger partial charge in [0.05, 0.1) is 16.6 Å². The fraction of sp³-hybridized carbons (Fsp3) is 0.0870. The van der Waals surface area contributed by atoms with Crippen LogP contribution in [0.3, 0.4) is 0 Å². The molecule has 3 aromatic carbocycles. The van der Waals surface area contributed by atoms with Crippen molar-refractivity contribution in [2.24, 2.45) is 5.73 Å². The van der Waals surface area contributed by atoms with Crippen molar-refractivity contribution < 1.29 is 22.8 Å². The van der Waals surface area contributed by atoms with E-state index >= 15 is 0 Å². The van der Waals surface area contributed by atoms with Gasteiger partial charge in [0.25, 0.3) is 0 Å². The third-order valence-corrected chi connectivity index (χ3v) is 5.04. The summed E-state index contributed by atoms with van der Waals surface area (Å²) in [6.45, 7) is 0.107. The van der Waals surface area contributed by atoms with Crippen LogP contribution in [0.5, 0.6) is 0 Å². The summed E-state index contributed by atoms with van der Waals surface area (Å²) in [5, 5.41) is 13.0. The summed E-state index contributed by atoms with van der Waals surface area (Å²) in [6.07, 6.45) is -4.45. The van der Waals surface area contributed by atoms with Gasteiger partial charge in [0, 0.05) is 23.2 Å². The minimum Gasteiger partial charge on any atom is -0.366 e. The molecule has 0 spiro atoms. The lowest BCUT2D eigenvalue weighted by molar-refractivity contribution is -0.137. The number of nitrogens with zero attached hydrogens (tertiary/aromatic N) is 1. The number of nitrogens with two attached hydrogens (primary N) is 1. The summed E-state index contributed by atoms with van der Waals surface area (Å²) in [5.41, 5.74) is 7.82. The van der Waals surface area contributed by atoms with Crippen molar-refractivity contribution in [3.8, 4) is 11.3 Å². The zero-order valence-electron chi connectivity index (χ0n) is 17.0. The Kier molecular flexibility index (Phi) is 5.74. The zero-order valence-corrected chi connectivity index (χ0v) is 17.0. The molecule has 7 nitrogen and oxygen atoms in total. The lowest BCUT2D eigenvalue weighted by atomic mass is 9.99. The second-order valence-electron chi connectivity index (χ2n) is 7.20. The van der Waals surface area contributed by atoms with Crippen LogP contribution in [0, 0.1) is 0 Å². The Labute approximate surface area is 185 Å². The standard InChI is InChI=1S/C23H18F3N5O2/c24-23(25,26)14-8-10-15(11-9-14)29-22(33)28-12-13-4-1-2-5-16(13)20-19-17(21(27)32)6-3-7-18(19)30-31-20/h1-11H,12H2,(H2,27,32)(H,30,31)(H2,28,29,33). The number of benzene rings is 3. The van der Waals surface area contributed by atoms with E-state index in [9.17, 15) is 22.8 Å². The first-order chi connectivity index (χ1) is 15.7. The predicted octanol–water partition coefficient (Wildman–Crippen LogP) is 4.67. The number of aromatic amines is 1. The molecule has 1 aromatic heterocycles. The van der Waals surface area contributed by atoms with Gasteiger partial charge in [-0.2, -0.15) is 18.3 Å². The number of alkyl halides is 3. The summed E-state index contributed by atoms with van der Waals surface area (Å²) in [5.74, 6) is -0.588. The van der Waals surface area contributed by atoms with Crippen LogP contribution in [0.15, 0.2) is 66.7 Å². The van der Waals surface area contributed by atoms with Crippen molar-refractivity contribution in [2.45, 2.75) is 12.7 Å². The van der Waals surface area contributed by atoms with Crippen molar-refractivity contribution in [1.29, 1.82) is 0 Å². The van der Waals surface area contributed by atoms with Crippen molar-refractivity contribution in [3.63, 3.8) is 0 Å². The highest BCUT2D eigenvalue weighted by molar-refractivity contribution is 6.10. The van der Waals surface area contributed by atoms with E-state index in [1.165, 1.54) is 12.1 Å². The van der Waals surface area contributed by atoms with Crippen LogP contribution in [0.2, 0.25) is 0 Å². The molecule has 0 atom stereocenters. The van der Waals surface area contributed by atoms with E-state index in [1.807, 2.05) is 0 Å². The fourth-order valence-corrected chi connectivity index (χ4v) is 3.47. The predicted molar refractivity (Wildman–Crippen MR) is 117 cm³/mol. The van der Waals surface area contributed by atoms with Gasteiger partial charge in [0.2, 0.25) is 5.91 Å². The maximum absolute atomic E-state index is 12.7. The van der Waals surface area contributed by atoms with E-state index in [0.717, 1.165) is 12.1 Å². The first-order valence-electron chi connectivity index (χ1n) is 9.81. The topological polar surface area (TPSA) is 113 Å². The number of anilines is 1. The SMILES string of the molecule is NC(=O)c1cccc2[nH]nc(-c3ccccc3CNC(=O)Nc3ccc(C(F)(F)F)cc3)c12. The normalized spacial score (nSPS) is 11.4. The average Bonchev–Trinajstić information content (AvgIpc) is 3.21. The molecule has 0 fully saturated rings. The molecule has 168 valence electrons. The molecule has 0 saturated heterocycles. The Morgan fingerprint density at radius 1 is 0.970 bits per heavy atom. The summed E-state index contributed by atoms with van der Waals surface area (Å²) < 4.78 is 38.0. The van der Waals surface area contributed by atoms with Crippen molar-refractivity contribution in [2.75, 3.05) is 5.32 Å². The summed E-state index contributed by atoms with van der Waals surface area (Å²) in [7, 11) is 0.